The van der Waals surface area contributed by atoms with Crippen LogP contribution in [0.4, 0.5) is 8.78 Å². The van der Waals surface area contributed by atoms with Crippen LogP contribution in [0.1, 0.15) is 43.4 Å². The van der Waals surface area contributed by atoms with Crippen molar-refractivity contribution in [2.45, 2.75) is 51.7 Å². The number of hydrogen-bond donors (Lipinski definition) is 0. The molecule has 2 aromatic carbocycles. The van der Waals surface area contributed by atoms with E-state index in [1.807, 2.05) is 19.9 Å². The van der Waals surface area contributed by atoms with Crippen molar-refractivity contribution in [3.05, 3.63) is 57.6 Å². The van der Waals surface area contributed by atoms with Gasteiger partial charge in [0.05, 0.1) is 0 Å². The Labute approximate surface area is 157 Å². The lowest BCUT2D eigenvalue weighted by molar-refractivity contribution is 0.135. The number of fused-ring (bicyclic) bond motifs is 1. The lowest BCUT2D eigenvalue weighted by Crippen LogP contribution is -2.25. The van der Waals surface area contributed by atoms with Crippen molar-refractivity contribution in [3.63, 3.8) is 0 Å². The molecule has 138 valence electrons. The molecule has 5 heteroatoms. The van der Waals surface area contributed by atoms with Crippen LogP contribution in [0.2, 0.25) is 5.02 Å². The van der Waals surface area contributed by atoms with Crippen LogP contribution in [0.15, 0.2) is 24.3 Å². The first-order chi connectivity index (χ1) is 12.3. The fourth-order valence-corrected chi connectivity index (χ4v) is 3.79. The van der Waals surface area contributed by atoms with Crippen LogP contribution >= 0.6 is 11.6 Å². The van der Waals surface area contributed by atoms with Crippen molar-refractivity contribution in [1.82, 2.24) is 0 Å². The van der Waals surface area contributed by atoms with Gasteiger partial charge in [-0.3, -0.25) is 0 Å². The van der Waals surface area contributed by atoms with Crippen LogP contribution in [-0.4, -0.2) is 5.60 Å². The predicted octanol–water partition coefficient (Wildman–Crippen LogP) is 5.86. The number of hydrogen-bond acceptors (Lipinski definition) is 2. The van der Waals surface area contributed by atoms with E-state index in [2.05, 4.69) is 0 Å². The average Bonchev–Trinajstić information content (AvgIpc) is 3.27. The third kappa shape index (κ3) is 3.66. The summed E-state index contributed by atoms with van der Waals surface area (Å²) in [6.45, 7) is 3.97. The van der Waals surface area contributed by atoms with Crippen molar-refractivity contribution < 1.29 is 18.3 Å². The van der Waals surface area contributed by atoms with E-state index >= 15 is 0 Å². The third-order valence-corrected chi connectivity index (χ3v) is 5.07. The minimum atomic E-state index is -0.666. The highest BCUT2D eigenvalue weighted by Gasteiger charge is 2.32. The molecule has 0 amide bonds. The van der Waals surface area contributed by atoms with Gasteiger partial charge in [0.2, 0.25) is 0 Å². The molecule has 2 nitrogen and oxygen atoms in total. The quantitative estimate of drug-likeness (QED) is 0.648. The molecular weight excluding hydrogens is 358 g/mol. The zero-order chi connectivity index (χ0) is 18.5. The maximum absolute atomic E-state index is 14.3. The van der Waals surface area contributed by atoms with Crippen LogP contribution in [0.3, 0.4) is 0 Å². The highest BCUT2D eigenvalue weighted by Crippen LogP contribution is 2.40. The van der Waals surface area contributed by atoms with E-state index in [-0.39, 0.29) is 18.0 Å². The van der Waals surface area contributed by atoms with Crippen LogP contribution in [0, 0.1) is 17.6 Å². The van der Waals surface area contributed by atoms with Gasteiger partial charge in [-0.1, -0.05) is 11.6 Å². The van der Waals surface area contributed by atoms with Gasteiger partial charge in [0.25, 0.3) is 0 Å². The fraction of sp³-hybridized carbons (Fsp3) is 0.429. The van der Waals surface area contributed by atoms with Crippen molar-refractivity contribution in [2.75, 3.05) is 0 Å². The number of rotatable bonds is 5. The monoisotopic (exact) mass is 378 g/mol. The van der Waals surface area contributed by atoms with Crippen molar-refractivity contribution >= 4 is 11.6 Å². The van der Waals surface area contributed by atoms with Gasteiger partial charge in [0.1, 0.15) is 18.0 Å². The van der Waals surface area contributed by atoms with E-state index < -0.39 is 11.6 Å². The fourth-order valence-electron chi connectivity index (χ4n) is 3.53. The van der Waals surface area contributed by atoms with Gasteiger partial charge in [0.15, 0.2) is 17.4 Å². The molecule has 1 saturated carbocycles. The molecule has 0 radical (unpaired) electrons. The van der Waals surface area contributed by atoms with Crippen LogP contribution < -0.4 is 9.47 Å². The van der Waals surface area contributed by atoms with Gasteiger partial charge < -0.3 is 9.47 Å². The van der Waals surface area contributed by atoms with Crippen LogP contribution in [0.5, 0.6) is 11.5 Å². The molecule has 0 N–H and O–H groups in total. The maximum Gasteiger partial charge on any atom is 0.191 e. The SMILES string of the molecule is CC1(C)Cc2cc(Cl)cc(COc3c(F)cc(CC4CC4)cc3F)c2O1. The molecule has 0 atom stereocenters. The van der Waals surface area contributed by atoms with Gasteiger partial charge >= 0.3 is 0 Å². The molecule has 0 bridgehead atoms. The summed E-state index contributed by atoms with van der Waals surface area (Å²) >= 11 is 6.18. The lowest BCUT2D eigenvalue weighted by Gasteiger charge is -2.18. The van der Waals surface area contributed by atoms with E-state index in [9.17, 15) is 8.78 Å². The van der Waals surface area contributed by atoms with Crippen LogP contribution in [0.25, 0.3) is 0 Å². The van der Waals surface area contributed by atoms with Crippen LogP contribution in [-0.2, 0) is 19.4 Å². The molecule has 0 unspecified atom stereocenters. The van der Waals surface area contributed by atoms with Crippen molar-refractivity contribution in [2.24, 2.45) is 5.92 Å². The topological polar surface area (TPSA) is 18.5 Å². The van der Waals surface area contributed by atoms with Gasteiger partial charge in [-0.05, 0) is 74.4 Å². The second-order valence-electron chi connectivity index (χ2n) is 7.92. The molecule has 1 fully saturated rings. The second-order valence-corrected chi connectivity index (χ2v) is 8.35. The van der Waals surface area contributed by atoms with Gasteiger partial charge in [-0.2, -0.15) is 0 Å². The first-order valence-corrected chi connectivity index (χ1v) is 9.29. The summed E-state index contributed by atoms with van der Waals surface area (Å²) in [4.78, 5) is 0. The molecule has 0 spiro atoms. The average molecular weight is 379 g/mol. The van der Waals surface area contributed by atoms with Crippen molar-refractivity contribution in [1.29, 1.82) is 0 Å². The highest BCUT2D eigenvalue weighted by atomic mass is 35.5. The molecule has 0 aromatic heterocycles. The van der Waals surface area contributed by atoms with Gasteiger partial charge in [-0.15, -0.1) is 0 Å². The lowest BCUT2D eigenvalue weighted by atomic mass is 10.0. The van der Waals surface area contributed by atoms with Gasteiger partial charge in [0, 0.05) is 17.0 Å². The molecule has 2 aromatic rings. The Balaban J connectivity index is 1.55. The van der Waals surface area contributed by atoms with E-state index in [0.29, 0.717) is 27.8 Å². The number of halogens is 3. The molecule has 4 rings (SSSR count). The number of benzene rings is 2. The van der Waals surface area contributed by atoms with Crippen molar-refractivity contribution in [3.8, 4) is 11.5 Å². The Morgan fingerprint density at radius 1 is 1.15 bits per heavy atom. The Bertz CT molecular complexity index is 836. The van der Waals surface area contributed by atoms with E-state index in [0.717, 1.165) is 31.2 Å². The zero-order valence-corrected chi connectivity index (χ0v) is 15.6. The Hall–Kier alpha value is -1.81. The summed E-state index contributed by atoms with van der Waals surface area (Å²) < 4.78 is 40.1. The summed E-state index contributed by atoms with van der Waals surface area (Å²) in [6, 6.07) is 6.33. The molecule has 1 aliphatic carbocycles. The summed E-state index contributed by atoms with van der Waals surface area (Å²) in [5, 5.41) is 0.560. The minimum absolute atomic E-state index is 0.00517. The maximum atomic E-state index is 14.3. The predicted molar refractivity (Wildman–Crippen MR) is 97.0 cm³/mol. The Morgan fingerprint density at radius 3 is 2.50 bits per heavy atom. The Morgan fingerprint density at radius 2 is 1.85 bits per heavy atom. The molecule has 26 heavy (non-hydrogen) atoms. The van der Waals surface area contributed by atoms with E-state index in [4.69, 9.17) is 21.1 Å². The summed E-state index contributed by atoms with van der Waals surface area (Å²) in [5.74, 6) is -0.419. The summed E-state index contributed by atoms with van der Waals surface area (Å²) in [7, 11) is 0. The molecule has 0 saturated heterocycles. The van der Waals surface area contributed by atoms with Gasteiger partial charge in [-0.25, -0.2) is 8.78 Å². The smallest absolute Gasteiger partial charge is 0.191 e. The molecule has 1 heterocycles. The van der Waals surface area contributed by atoms with E-state index in [1.54, 1.807) is 6.07 Å². The molecular formula is C21H21ClF2O2. The minimum Gasteiger partial charge on any atom is -0.487 e. The first kappa shape index (κ1) is 17.6. The molecule has 1 aliphatic heterocycles. The first-order valence-electron chi connectivity index (χ1n) is 8.92. The standard InChI is InChI=1S/C21H21ClF2O2/c1-21(2)10-14-8-16(22)9-15(19(14)26-21)11-25-20-17(23)6-13(7-18(20)24)5-12-3-4-12/h6-9,12H,3-5,10-11H2,1-2H3. The second kappa shape index (κ2) is 6.41. The Kier molecular flexibility index (Phi) is 4.34. The van der Waals surface area contributed by atoms with E-state index in [1.165, 1.54) is 12.1 Å². The largest absolute Gasteiger partial charge is 0.487 e. The zero-order valence-electron chi connectivity index (χ0n) is 14.9. The highest BCUT2D eigenvalue weighted by molar-refractivity contribution is 6.30. The summed E-state index contributed by atoms with van der Waals surface area (Å²) in [5.41, 5.74) is 2.03. The summed E-state index contributed by atoms with van der Waals surface area (Å²) in [6.07, 6.45) is 3.72. The normalized spacial score (nSPS) is 17.7. The third-order valence-electron chi connectivity index (χ3n) is 4.85. The molecule has 2 aliphatic rings. The number of ether oxygens (including phenoxy) is 2.